The first-order chi connectivity index (χ1) is 7.58. The highest BCUT2D eigenvalue weighted by Gasteiger charge is 2.31. The molecule has 0 atom stereocenters. The highest BCUT2D eigenvalue weighted by atomic mass is 16.2. The third-order valence-electron chi connectivity index (χ3n) is 3.30. The smallest absolute Gasteiger partial charge is 0.254 e. The molecule has 4 heteroatoms. The molecule has 0 aliphatic carbocycles. The Hall–Kier alpha value is -1.84. The number of carbonyl (C=O) groups excluding carboxylic acids is 2. The second kappa shape index (κ2) is 2.84. The van der Waals surface area contributed by atoms with E-state index in [0.29, 0.717) is 24.2 Å². The molecule has 0 radical (unpaired) electrons. The summed E-state index contributed by atoms with van der Waals surface area (Å²) in [4.78, 5) is 26.9. The van der Waals surface area contributed by atoms with Crippen molar-refractivity contribution in [1.29, 1.82) is 0 Å². The van der Waals surface area contributed by atoms with Crippen molar-refractivity contribution in [3.05, 3.63) is 34.4 Å². The SMILES string of the molecule is CN1Cc2cc3c(cc2C1=O)C(=O)N(C)C3. The van der Waals surface area contributed by atoms with E-state index in [1.165, 1.54) is 0 Å². The van der Waals surface area contributed by atoms with Gasteiger partial charge in [0.25, 0.3) is 11.8 Å². The van der Waals surface area contributed by atoms with Crippen LogP contribution in [-0.2, 0) is 13.1 Å². The molecule has 16 heavy (non-hydrogen) atoms. The summed E-state index contributed by atoms with van der Waals surface area (Å²) in [6.07, 6.45) is 0. The Labute approximate surface area is 93.5 Å². The molecule has 1 aromatic rings. The fourth-order valence-corrected chi connectivity index (χ4v) is 2.42. The Morgan fingerprint density at radius 3 is 1.75 bits per heavy atom. The largest absolute Gasteiger partial charge is 0.337 e. The van der Waals surface area contributed by atoms with E-state index in [0.717, 1.165) is 11.1 Å². The number of benzene rings is 1. The summed E-state index contributed by atoms with van der Waals surface area (Å²) in [5.74, 6) is 0.0281. The van der Waals surface area contributed by atoms with Gasteiger partial charge in [0, 0.05) is 38.3 Å². The number of nitrogens with zero attached hydrogens (tertiary/aromatic N) is 2. The molecular weight excluding hydrogens is 204 g/mol. The van der Waals surface area contributed by atoms with E-state index in [2.05, 4.69) is 0 Å². The summed E-state index contributed by atoms with van der Waals surface area (Å²) in [5.41, 5.74) is 3.44. The summed E-state index contributed by atoms with van der Waals surface area (Å²) < 4.78 is 0. The molecular formula is C12H12N2O2. The molecule has 2 amide bonds. The zero-order valence-electron chi connectivity index (χ0n) is 9.28. The fraction of sp³-hybridized carbons (Fsp3) is 0.333. The van der Waals surface area contributed by atoms with E-state index >= 15 is 0 Å². The zero-order chi connectivity index (χ0) is 11.4. The zero-order valence-corrected chi connectivity index (χ0v) is 9.28. The van der Waals surface area contributed by atoms with Crippen LogP contribution in [0.2, 0.25) is 0 Å². The van der Waals surface area contributed by atoms with E-state index in [1.54, 1.807) is 30.0 Å². The van der Waals surface area contributed by atoms with Crippen LogP contribution in [0, 0.1) is 0 Å². The lowest BCUT2D eigenvalue weighted by molar-refractivity contribution is 0.0816. The molecule has 0 aromatic heterocycles. The molecule has 0 saturated heterocycles. The first-order valence-electron chi connectivity index (χ1n) is 5.24. The molecule has 0 saturated carbocycles. The van der Waals surface area contributed by atoms with Gasteiger partial charge < -0.3 is 9.80 Å². The summed E-state index contributed by atoms with van der Waals surface area (Å²) in [6, 6.07) is 3.75. The Morgan fingerprint density at radius 2 is 1.31 bits per heavy atom. The van der Waals surface area contributed by atoms with Gasteiger partial charge >= 0.3 is 0 Å². The van der Waals surface area contributed by atoms with Gasteiger partial charge in [-0.15, -0.1) is 0 Å². The van der Waals surface area contributed by atoms with Crippen LogP contribution in [0.25, 0.3) is 0 Å². The minimum atomic E-state index is 0.0140. The van der Waals surface area contributed by atoms with Crippen molar-refractivity contribution >= 4 is 11.8 Å². The van der Waals surface area contributed by atoms with Crippen molar-refractivity contribution in [1.82, 2.24) is 9.80 Å². The normalized spacial score (nSPS) is 18.1. The third-order valence-corrected chi connectivity index (χ3v) is 3.30. The molecule has 0 fully saturated rings. The van der Waals surface area contributed by atoms with Gasteiger partial charge in [-0.25, -0.2) is 0 Å². The number of hydrogen-bond acceptors (Lipinski definition) is 2. The van der Waals surface area contributed by atoms with Crippen LogP contribution in [0.1, 0.15) is 31.8 Å². The standard InChI is InChI=1S/C12H12N2O2/c1-13-5-7-3-8-6-14(2)12(16)10(8)4-9(7)11(13)15/h3-4H,5-6H2,1-2H3. The quantitative estimate of drug-likeness (QED) is 0.645. The molecule has 1 aromatic carbocycles. The highest BCUT2D eigenvalue weighted by Crippen LogP contribution is 2.29. The Kier molecular flexibility index (Phi) is 1.67. The van der Waals surface area contributed by atoms with Crippen LogP contribution < -0.4 is 0 Å². The molecule has 2 heterocycles. The van der Waals surface area contributed by atoms with Crippen LogP contribution in [0.4, 0.5) is 0 Å². The van der Waals surface area contributed by atoms with Crippen molar-refractivity contribution in [3.8, 4) is 0 Å². The van der Waals surface area contributed by atoms with E-state index in [4.69, 9.17) is 0 Å². The van der Waals surface area contributed by atoms with Gasteiger partial charge in [-0.3, -0.25) is 9.59 Å². The van der Waals surface area contributed by atoms with Crippen LogP contribution in [0.15, 0.2) is 12.1 Å². The van der Waals surface area contributed by atoms with Crippen molar-refractivity contribution in [3.63, 3.8) is 0 Å². The van der Waals surface area contributed by atoms with E-state index in [-0.39, 0.29) is 11.8 Å². The molecule has 4 nitrogen and oxygen atoms in total. The Morgan fingerprint density at radius 1 is 0.875 bits per heavy atom. The van der Waals surface area contributed by atoms with Crippen LogP contribution in [0.5, 0.6) is 0 Å². The van der Waals surface area contributed by atoms with Crippen molar-refractivity contribution in [2.45, 2.75) is 13.1 Å². The molecule has 2 aliphatic heterocycles. The summed E-state index contributed by atoms with van der Waals surface area (Å²) in [6.45, 7) is 1.30. The minimum Gasteiger partial charge on any atom is -0.337 e. The maximum Gasteiger partial charge on any atom is 0.254 e. The van der Waals surface area contributed by atoms with E-state index in [1.807, 2.05) is 6.07 Å². The molecule has 0 bridgehead atoms. The van der Waals surface area contributed by atoms with Crippen LogP contribution in [-0.4, -0.2) is 35.7 Å². The maximum absolute atomic E-state index is 11.8. The number of amides is 2. The lowest BCUT2D eigenvalue weighted by Crippen LogP contribution is -2.19. The van der Waals surface area contributed by atoms with Gasteiger partial charge in [0.15, 0.2) is 0 Å². The predicted molar refractivity (Wildman–Crippen MR) is 58.0 cm³/mol. The topological polar surface area (TPSA) is 40.6 Å². The lowest BCUT2D eigenvalue weighted by Gasteiger charge is -2.06. The summed E-state index contributed by atoms with van der Waals surface area (Å²) in [5, 5.41) is 0. The molecule has 2 aliphatic rings. The highest BCUT2D eigenvalue weighted by molar-refractivity contribution is 6.04. The monoisotopic (exact) mass is 216 g/mol. The predicted octanol–water partition coefficient (Wildman–Crippen LogP) is 0.858. The molecule has 0 unspecified atom stereocenters. The van der Waals surface area contributed by atoms with Crippen molar-refractivity contribution in [2.75, 3.05) is 14.1 Å². The second-order valence-corrected chi connectivity index (χ2v) is 4.49. The Balaban J connectivity index is 2.17. The van der Waals surface area contributed by atoms with E-state index < -0.39 is 0 Å². The number of hydrogen-bond donors (Lipinski definition) is 0. The maximum atomic E-state index is 11.8. The lowest BCUT2D eigenvalue weighted by atomic mass is 10.0. The third kappa shape index (κ3) is 1.04. The summed E-state index contributed by atoms with van der Waals surface area (Å²) in [7, 11) is 3.56. The molecule has 3 rings (SSSR count). The van der Waals surface area contributed by atoms with E-state index in [9.17, 15) is 9.59 Å². The van der Waals surface area contributed by atoms with Gasteiger partial charge in [0.05, 0.1) is 0 Å². The fourth-order valence-electron chi connectivity index (χ4n) is 2.42. The van der Waals surface area contributed by atoms with Gasteiger partial charge in [-0.2, -0.15) is 0 Å². The van der Waals surface area contributed by atoms with Gasteiger partial charge in [-0.1, -0.05) is 6.07 Å². The second-order valence-electron chi connectivity index (χ2n) is 4.49. The van der Waals surface area contributed by atoms with Gasteiger partial charge in [-0.05, 0) is 17.2 Å². The number of rotatable bonds is 0. The van der Waals surface area contributed by atoms with Crippen LogP contribution in [0.3, 0.4) is 0 Å². The minimum absolute atomic E-state index is 0.0140. The van der Waals surface area contributed by atoms with Gasteiger partial charge in [0.2, 0.25) is 0 Å². The molecule has 82 valence electrons. The van der Waals surface area contributed by atoms with Crippen LogP contribution >= 0.6 is 0 Å². The van der Waals surface area contributed by atoms with Crippen molar-refractivity contribution in [2.24, 2.45) is 0 Å². The Bertz CT molecular complexity index is 479. The summed E-state index contributed by atoms with van der Waals surface area (Å²) >= 11 is 0. The number of fused-ring (bicyclic) bond motifs is 2. The molecule has 0 spiro atoms. The number of carbonyl (C=O) groups is 2. The molecule has 0 N–H and O–H groups in total. The average Bonchev–Trinajstić information content (AvgIpc) is 2.66. The average molecular weight is 216 g/mol. The van der Waals surface area contributed by atoms with Gasteiger partial charge in [0.1, 0.15) is 0 Å². The first kappa shape index (κ1) is 9.39. The first-order valence-corrected chi connectivity index (χ1v) is 5.24. The van der Waals surface area contributed by atoms with Crippen molar-refractivity contribution < 1.29 is 9.59 Å².